The minimum atomic E-state index is -3.63. The van der Waals surface area contributed by atoms with E-state index < -0.39 is 10.0 Å². The monoisotopic (exact) mass is 308 g/mol. The number of halogens is 1. The molecule has 4 nitrogen and oxygen atoms in total. The molecule has 0 aliphatic carbocycles. The normalized spacial score (nSPS) is 13.6. The Balaban J connectivity index is 3.09. The molecule has 1 unspecified atom stereocenters. The highest BCUT2D eigenvalue weighted by Gasteiger charge is 2.21. The summed E-state index contributed by atoms with van der Waals surface area (Å²) in [4.78, 5) is 0.0280. The van der Waals surface area contributed by atoms with E-state index in [0.717, 1.165) is 5.56 Å². The highest BCUT2D eigenvalue weighted by atomic mass is 35.5. The van der Waals surface area contributed by atoms with Crippen molar-refractivity contribution in [1.82, 2.24) is 4.72 Å². The lowest BCUT2D eigenvalue weighted by Gasteiger charge is -2.14. The van der Waals surface area contributed by atoms with Gasteiger partial charge >= 0.3 is 0 Å². The Kier molecular flexibility index (Phi) is 5.33. The molecule has 0 bridgehead atoms. The first-order valence-corrected chi connectivity index (χ1v) is 8.60. The summed E-state index contributed by atoms with van der Waals surface area (Å²) in [6.07, 6.45) is 1.92. The molecule has 0 saturated heterocycles. The summed E-state index contributed by atoms with van der Waals surface area (Å²) in [7, 11) is -3.63. The van der Waals surface area contributed by atoms with E-state index in [4.69, 9.17) is 17.3 Å². The van der Waals surface area contributed by atoms with Crippen LogP contribution in [-0.4, -0.2) is 26.5 Å². The predicted octanol–water partition coefficient (Wildman–Crippen LogP) is 2.26. The summed E-state index contributed by atoms with van der Waals surface area (Å²) in [5, 5.41) is 0.186. The highest BCUT2D eigenvalue weighted by Crippen LogP contribution is 2.26. The lowest BCUT2D eigenvalue weighted by Crippen LogP contribution is -2.34. The van der Waals surface area contributed by atoms with Crippen molar-refractivity contribution >= 4 is 39.1 Å². The molecular formula is C11H17ClN2O2S2. The zero-order chi connectivity index (χ0) is 13.9. The van der Waals surface area contributed by atoms with Crippen molar-refractivity contribution < 1.29 is 8.42 Å². The SMILES string of the molecule is CSCC(C)NS(=O)(=O)c1cc(N)c(C)cc1Cl. The van der Waals surface area contributed by atoms with Crippen LogP contribution in [0.3, 0.4) is 0 Å². The highest BCUT2D eigenvalue weighted by molar-refractivity contribution is 7.98. The average Bonchev–Trinajstić information content (AvgIpc) is 2.22. The van der Waals surface area contributed by atoms with Gasteiger partial charge in [0.25, 0.3) is 0 Å². The molecule has 0 aliphatic heterocycles. The van der Waals surface area contributed by atoms with E-state index >= 15 is 0 Å². The third kappa shape index (κ3) is 3.78. The van der Waals surface area contributed by atoms with Gasteiger partial charge in [0.2, 0.25) is 10.0 Å². The second-order valence-electron chi connectivity index (χ2n) is 4.12. The van der Waals surface area contributed by atoms with Crippen molar-refractivity contribution in [2.24, 2.45) is 0 Å². The van der Waals surface area contributed by atoms with Crippen LogP contribution in [0.2, 0.25) is 5.02 Å². The number of rotatable bonds is 5. The predicted molar refractivity (Wildman–Crippen MR) is 78.8 cm³/mol. The van der Waals surface area contributed by atoms with Gasteiger partial charge < -0.3 is 5.73 Å². The van der Waals surface area contributed by atoms with Crippen LogP contribution < -0.4 is 10.5 Å². The second kappa shape index (κ2) is 6.14. The lowest BCUT2D eigenvalue weighted by atomic mass is 10.2. The first kappa shape index (κ1) is 15.6. The van der Waals surface area contributed by atoms with E-state index in [1.165, 1.54) is 6.07 Å². The molecule has 1 aromatic carbocycles. The van der Waals surface area contributed by atoms with Crippen molar-refractivity contribution in [2.45, 2.75) is 24.8 Å². The maximum Gasteiger partial charge on any atom is 0.242 e. The van der Waals surface area contributed by atoms with Crippen LogP contribution in [0.4, 0.5) is 5.69 Å². The molecule has 102 valence electrons. The van der Waals surface area contributed by atoms with E-state index in [1.807, 2.05) is 6.26 Å². The molecule has 0 aromatic heterocycles. The Bertz CT molecular complexity index is 532. The van der Waals surface area contributed by atoms with Crippen molar-refractivity contribution in [3.05, 3.63) is 22.7 Å². The first-order valence-electron chi connectivity index (χ1n) is 5.35. The molecule has 1 rings (SSSR count). The van der Waals surface area contributed by atoms with Crippen LogP contribution in [0.5, 0.6) is 0 Å². The number of hydrogen-bond donors (Lipinski definition) is 2. The van der Waals surface area contributed by atoms with Crippen LogP contribution in [0.15, 0.2) is 17.0 Å². The summed E-state index contributed by atoms with van der Waals surface area (Å²) in [5.41, 5.74) is 6.90. The summed E-state index contributed by atoms with van der Waals surface area (Å²) in [6, 6.07) is 2.79. The molecule has 1 aromatic rings. The standard InChI is InChI=1S/C11H17ClN2O2S2/c1-7-4-9(12)11(5-10(7)13)18(15,16)14-8(2)6-17-3/h4-5,8,14H,6,13H2,1-3H3. The van der Waals surface area contributed by atoms with Gasteiger partial charge in [0, 0.05) is 17.5 Å². The quantitative estimate of drug-likeness (QED) is 0.818. The number of benzene rings is 1. The van der Waals surface area contributed by atoms with Gasteiger partial charge in [0.15, 0.2) is 0 Å². The minimum absolute atomic E-state index is 0.0280. The van der Waals surface area contributed by atoms with Gasteiger partial charge in [-0.1, -0.05) is 11.6 Å². The molecule has 0 fully saturated rings. The van der Waals surface area contributed by atoms with E-state index in [2.05, 4.69) is 4.72 Å². The molecule has 0 amide bonds. The third-order valence-corrected chi connectivity index (χ3v) is 5.27. The van der Waals surface area contributed by atoms with Gasteiger partial charge in [-0.25, -0.2) is 13.1 Å². The maximum absolute atomic E-state index is 12.1. The van der Waals surface area contributed by atoms with Gasteiger partial charge in [-0.2, -0.15) is 11.8 Å². The number of aryl methyl sites for hydroxylation is 1. The molecule has 1 atom stereocenters. The molecule has 3 N–H and O–H groups in total. The zero-order valence-electron chi connectivity index (χ0n) is 10.5. The summed E-state index contributed by atoms with van der Waals surface area (Å²) in [6.45, 7) is 3.58. The number of nitrogens with one attached hydrogen (secondary N) is 1. The van der Waals surface area contributed by atoms with Gasteiger partial charge in [0.05, 0.1) is 5.02 Å². The van der Waals surface area contributed by atoms with Gasteiger partial charge in [0.1, 0.15) is 4.90 Å². The Labute approximate surface area is 117 Å². The van der Waals surface area contributed by atoms with Crippen LogP contribution in [0, 0.1) is 6.92 Å². The van der Waals surface area contributed by atoms with Crippen molar-refractivity contribution in [3.63, 3.8) is 0 Å². The fourth-order valence-corrected chi connectivity index (χ4v) is 4.04. The van der Waals surface area contributed by atoms with E-state index in [1.54, 1.807) is 31.7 Å². The van der Waals surface area contributed by atoms with E-state index in [9.17, 15) is 8.42 Å². The number of anilines is 1. The van der Waals surface area contributed by atoms with Gasteiger partial charge in [-0.05, 0) is 37.8 Å². The number of thioether (sulfide) groups is 1. The van der Waals surface area contributed by atoms with Crippen molar-refractivity contribution in [1.29, 1.82) is 0 Å². The summed E-state index contributed by atoms with van der Waals surface area (Å²) in [5.74, 6) is 0.693. The topological polar surface area (TPSA) is 72.2 Å². The molecular weight excluding hydrogens is 292 g/mol. The van der Waals surface area contributed by atoms with E-state index in [0.29, 0.717) is 11.4 Å². The van der Waals surface area contributed by atoms with Crippen molar-refractivity contribution in [2.75, 3.05) is 17.7 Å². The second-order valence-corrected chi connectivity index (χ2v) is 7.12. The molecule has 0 aliphatic rings. The molecule has 0 saturated carbocycles. The first-order chi connectivity index (χ1) is 8.27. The van der Waals surface area contributed by atoms with Crippen LogP contribution in [0.25, 0.3) is 0 Å². The number of hydrogen-bond acceptors (Lipinski definition) is 4. The largest absolute Gasteiger partial charge is 0.398 e. The smallest absolute Gasteiger partial charge is 0.242 e. The Morgan fingerprint density at radius 1 is 1.50 bits per heavy atom. The Morgan fingerprint density at radius 2 is 2.11 bits per heavy atom. The summed E-state index contributed by atoms with van der Waals surface area (Å²) >= 11 is 7.54. The van der Waals surface area contributed by atoms with Gasteiger partial charge in [-0.3, -0.25) is 0 Å². The number of nitrogen functional groups attached to an aromatic ring is 1. The van der Waals surface area contributed by atoms with Gasteiger partial charge in [-0.15, -0.1) is 0 Å². The van der Waals surface area contributed by atoms with Crippen LogP contribution >= 0.6 is 23.4 Å². The number of nitrogens with two attached hydrogens (primary N) is 1. The summed E-state index contributed by atoms with van der Waals surface area (Å²) < 4.78 is 26.9. The van der Waals surface area contributed by atoms with Crippen LogP contribution in [-0.2, 0) is 10.0 Å². The molecule has 0 spiro atoms. The minimum Gasteiger partial charge on any atom is -0.398 e. The molecule has 18 heavy (non-hydrogen) atoms. The Morgan fingerprint density at radius 3 is 2.67 bits per heavy atom. The van der Waals surface area contributed by atoms with Crippen LogP contribution in [0.1, 0.15) is 12.5 Å². The average molecular weight is 309 g/mol. The fourth-order valence-electron chi connectivity index (χ4n) is 1.49. The molecule has 7 heteroatoms. The third-order valence-electron chi connectivity index (χ3n) is 2.38. The molecule has 0 radical (unpaired) electrons. The number of sulfonamides is 1. The fraction of sp³-hybridized carbons (Fsp3) is 0.455. The Hall–Kier alpha value is -0.430. The zero-order valence-corrected chi connectivity index (χ0v) is 12.9. The maximum atomic E-state index is 12.1. The van der Waals surface area contributed by atoms with E-state index in [-0.39, 0.29) is 16.0 Å². The van der Waals surface area contributed by atoms with Crippen molar-refractivity contribution in [3.8, 4) is 0 Å². The lowest BCUT2D eigenvalue weighted by molar-refractivity contribution is 0.571. The molecule has 0 heterocycles.